The number of allylic oxidation sites excluding steroid dienone is 4. The average molecular weight is 325 g/mol. The molecule has 0 saturated heterocycles. The molecule has 1 unspecified atom stereocenters. The number of rotatable bonds is 15. The lowest BCUT2D eigenvalue weighted by Crippen LogP contribution is -2.28. The van der Waals surface area contributed by atoms with Crippen molar-refractivity contribution >= 4 is 5.97 Å². The molecule has 0 radical (unpaired) electrons. The zero-order valence-electron chi connectivity index (χ0n) is 14.3. The van der Waals surface area contributed by atoms with Gasteiger partial charge in [0.15, 0.2) is 0 Å². The van der Waals surface area contributed by atoms with Crippen LogP contribution >= 0.6 is 0 Å². The van der Waals surface area contributed by atoms with Gasteiger partial charge < -0.3 is 5.11 Å². The van der Waals surface area contributed by atoms with Gasteiger partial charge in [-0.1, -0.05) is 56.9 Å². The molecule has 0 spiro atoms. The molecule has 0 aliphatic carbocycles. The van der Waals surface area contributed by atoms with Crippen LogP contribution in [-0.4, -0.2) is 22.0 Å². The van der Waals surface area contributed by atoms with Crippen LogP contribution in [-0.2, 0) is 4.79 Å². The standard InChI is InChI=1S/C18H31NO4/c1-2-3-4-5-6-7-8-9-10-11-12-13-14-15-16-17(18(20)21)19(22)23/h6-7,9-10,17H,2-5,8,11-16H2,1H3,(H,20,21)/b7-6-,10-9-. The molecule has 0 bridgehead atoms. The number of hydrogen-bond donors (Lipinski definition) is 1. The van der Waals surface area contributed by atoms with E-state index >= 15 is 0 Å². The molecule has 23 heavy (non-hydrogen) atoms. The van der Waals surface area contributed by atoms with E-state index in [-0.39, 0.29) is 6.42 Å². The molecule has 1 N–H and O–H groups in total. The third-order valence-corrected chi connectivity index (χ3v) is 3.72. The van der Waals surface area contributed by atoms with E-state index < -0.39 is 16.9 Å². The molecule has 0 aliphatic rings. The SMILES string of the molecule is CCCCC/C=C\C/C=C\CCCCCCC(C(=O)O)[N+](=O)[O-]. The summed E-state index contributed by atoms with van der Waals surface area (Å²) in [5.74, 6) is -1.33. The van der Waals surface area contributed by atoms with Crippen LogP contribution in [0.25, 0.3) is 0 Å². The number of unbranched alkanes of at least 4 members (excludes halogenated alkanes) is 7. The third kappa shape index (κ3) is 13.7. The first-order valence-electron chi connectivity index (χ1n) is 8.75. The quantitative estimate of drug-likeness (QED) is 0.196. The topological polar surface area (TPSA) is 80.4 Å². The molecule has 0 aromatic heterocycles. The van der Waals surface area contributed by atoms with E-state index in [4.69, 9.17) is 5.11 Å². The Morgan fingerprint density at radius 2 is 1.57 bits per heavy atom. The van der Waals surface area contributed by atoms with Crippen molar-refractivity contribution in [2.75, 3.05) is 0 Å². The van der Waals surface area contributed by atoms with Crippen molar-refractivity contribution in [3.05, 3.63) is 34.4 Å². The van der Waals surface area contributed by atoms with Gasteiger partial charge >= 0.3 is 12.0 Å². The Bertz CT molecular complexity index is 363. The van der Waals surface area contributed by atoms with Gasteiger partial charge in [0, 0.05) is 11.3 Å². The van der Waals surface area contributed by atoms with E-state index in [0.29, 0.717) is 6.42 Å². The van der Waals surface area contributed by atoms with E-state index in [2.05, 4.69) is 31.2 Å². The van der Waals surface area contributed by atoms with Gasteiger partial charge in [-0.3, -0.25) is 10.1 Å². The maximum absolute atomic E-state index is 10.6. The molecule has 132 valence electrons. The highest BCUT2D eigenvalue weighted by Gasteiger charge is 2.27. The number of aliphatic carboxylic acids is 1. The van der Waals surface area contributed by atoms with Crippen LogP contribution in [0.4, 0.5) is 0 Å². The molecule has 1 atom stereocenters. The molecule has 0 aliphatic heterocycles. The second-order valence-corrected chi connectivity index (χ2v) is 5.81. The predicted molar refractivity (Wildman–Crippen MR) is 93.2 cm³/mol. The largest absolute Gasteiger partial charge is 0.476 e. The fraction of sp³-hybridized carbons (Fsp3) is 0.722. The second kappa shape index (κ2) is 15.3. The van der Waals surface area contributed by atoms with E-state index in [1.54, 1.807) is 0 Å². The number of hydrogen-bond acceptors (Lipinski definition) is 3. The summed E-state index contributed by atoms with van der Waals surface area (Å²) in [4.78, 5) is 20.5. The van der Waals surface area contributed by atoms with Crippen molar-refractivity contribution in [3.63, 3.8) is 0 Å². The Labute approximate surface area is 139 Å². The Morgan fingerprint density at radius 1 is 1.00 bits per heavy atom. The van der Waals surface area contributed by atoms with E-state index in [9.17, 15) is 14.9 Å². The first kappa shape index (κ1) is 21.4. The van der Waals surface area contributed by atoms with E-state index in [0.717, 1.165) is 32.1 Å². The normalized spacial score (nSPS) is 12.9. The van der Waals surface area contributed by atoms with Crippen LogP contribution in [0.1, 0.15) is 77.6 Å². The van der Waals surface area contributed by atoms with E-state index in [1.165, 1.54) is 25.7 Å². The Balaban J connectivity index is 3.46. The number of carboxylic acid groups (broad SMARTS) is 1. The minimum Gasteiger partial charge on any atom is -0.476 e. The summed E-state index contributed by atoms with van der Waals surface area (Å²) in [5, 5.41) is 19.2. The highest BCUT2D eigenvalue weighted by Crippen LogP contribution is 2.10. The summed E-state index contributed by atoms with van der Waals surface area (Å²) in [6.07, 6.45) is 19.4. The molecule has 0 heterocycles. The Kier molecular flexibility index (Phi) is 14.2. The zero-order valence-corrected chi connectivity index (χ0v) is 14.3. The monoisotopic (exact) mass is 325 g/mol. The van der Waals surface area contributed by atoms with Gasteiger partial charge in [-0.25, -0.2) is 4.79 Å². The summed E-state index contributed by atoms with van der Waals surface area (Å²) < 4.78 is 0. The van der Waals surface area contributed by atoms with Crippen LogP contribution in [0.3, 0.4) is 0 Å². The third-order valence-electron chi connectivity index (χ3n) is 3.72. The predicted octanol–water partition coefficient (Wildman–Crippen LogP) is 5.14. The van der Waals surface area contributed by atoms with Crippen LogP contribution in [0.15, 0.2) is 24.3 Å². The lowest BCUT2D eigenvalue weighted by atomic mass is 10.1. The molecule has 5 nitrogen and oxygen atoms in total. The number of carboxylic acids is 1. The van der Waals surface area contributed by atoms with Crippen molar-refractivity contribution in [3.8, 4) is 0 Å². The maximum Gasteiger partial charge on any atom is 0.379 e. The Morgan fingerprint density at radius 3 is 2.09 bits per heavy atom. The van der Waals surface area contributed by atoms with Crippen LogP contribution < -0.4 is 0 Å². The number of carbonyl (C=O) groups is 1. The fourth-order valence-corrected chi connectivity index (χ4v) is 2.29. The summed E-state index contributed by atoms with van der Waals surface area (Å²) >= 11 is 0. The molecule has 0 aromatic rings. The van der Waals surface area contributed by atoms with Gasteiger partial charge in [0.05, 0.1) is 0 Å². The molecular weight excluding hydrogens is 294 g/mol. The zero-order chi connectivity index (χ0) is 17.3. The van der Waals surface area contributed by atoms with Gasteiger partial charge in [-0.2, -0.15) is 0 Å². The van der Waals surface area contributed by atoms with Crippen molar-refractivity contribution < 1.29 is 14.8 Å². The Hall–Kier alpha value is -1.65. The van der Waals surface area contributed by atoms with Crippen molar-refractivity contribution in [2.24, 2.45) is 0 Å². The molecule has 0 rings (SSSR count). The summed E-state index contributed by atoms with van der Waals surface area (Å²) in [6.45, 7) is 2.21. The van der Waals surface area contributed by atoms with Gasteiger partial charge in [0.25, 0.3) is 0 Å². The molecule has 0 saturated carbocycles. The van der Waals surface area contributed by atoms with Crippen molar-refractivity contribution in [2.45, 2.75) is 83.6 Å². The molecular formula is C18H31NO4. The smallest absolute Gasteiger partial charge is 0.379 e. The maximum atomic E-state index is 10.6. The number of nitro groups is 1. The molecule has 0 fully saturated rings. The molecule has 0 aromatic carbocycles. The fourth-order valence-electron chi connectivity index (χ4n) is 2.29. The lowest BCUT2D eigenvalue weighted by Gasteiger charge is -2.04. The van der Waals surface area contributed by atoms with Crippen LogP contribution in [0.2, 0.25) is 0 Å². The summed E-state index contributed by atoms with van der Waals surface area (Å²) in [7, 11) is 0. The first-order chi connectivity index (χ1) is 11.1. The van der Waals surface area contributed by atoms with Gasteiger partial charge in [0.1, 0.15) is 0 Å². The van der Waals surface area contributed by atoms with Gasteiger partial charge in [-0.15, -0.1) is 0 Å². The van der Waals surface area contributed by atoms with Gasteiger partial charge in [0.2, 0.25) is 0 Å². The summed E-state index contributed by atoms with van der Waals surface area (Å²) in [5.41, 5.74) is 0. The van der Waals surface area contributed by atoms with Gasteiger partial charge in [-0.05, 0) is 38.5 Å². The first-order valence-corrected chi connectivity index (χ1v) is 8.75. The summed E-state index contributed by atoms with van der Waals surface area (Å²) in [6, 6.07) is -1.45. The second-order valence-electron chi connectivity index (χ2n) is 5.81. The highest BCUT2D eigenvalue weighted by molar-refractivity contribution is 5.71. The van der Waals surface area contributed by atoms with Crippen molar-refractivity contribution in [1.29, 1.82) is 0 Å². The highest BCUT2D eigenvalue weighted by atomic mass is 16.6. The lowest BCUT2D eigenvalue weighted by molar-refractivity contribution is -0.511. The molecule has 5 heteroatoms. The van der Waals surface area contributed by atoms with E-state index in [1.807, 2.05) is 0 Å². The van der Waals surface area contributed by atoms with Crippen LogP contribution in [0, 0.1) is 10.1 Å². The minimum absolute atomic E-state index is 0.126. The van der Waals surface area contributed by atoms with Crippen LogP contribution in [0.5, 0.6) is 0 Å². The average Bonchev–Trinajstić information content (AvgIpc) is 2.50. The molecule has 0 amide bonds. The van der Waals surface area contributed by atoms with Crippen molar-refractivity contribution in [1.82, 2.24) is 0 Å². The minimum atomic E-state index is -1.45. The number of nitrogens with zero attached hydrogens (tertiary/aromatic N) is 1.